The average molecular weight is 197 g/mol. The third-order valence-electron chi connectivity index (χ3n) is 3.63. The molecule has 1 N–H and O–H groups in total. The van der Waals surface area contributed by atoms with E-state index in [4.69, 9.17) is 0 Å². The summed E-state index contributed by atoms with van der Waals surface area (Å²) in [6.07, 6.45) is 4.61. The Morgan fingerprint density at radius 2 is 1.71 bits per heavy atom. The summed E-state index contributed by atoms with van der Waals surface area (Å²) in [6, 6.07) is 0. The lowest BCUT2D eigenvalue weighted by Crippen LogP contribution is -2.48. The molecule has 1 aliphatic rings. The fourth-order valence-electron chi connectivity index (χ4n) is 2.16. The maximum atomic E-state index is 12.1. The number of rotatable bonds is 3. The molecule has 1 aliphatic carbocycles. The number of nitrogens with one attached hydrogen (secondary N) is 1. The highest BCUT2D eigenvalue weighted by Crippen LogP contribution is 2.31. The van der Waals surface area contributed by atoms with E-state index in [1.807, 2.05) is 20.9 Å². The van der Waals surface area contributed by atoms with Crippen LogP contribution in [0.25, 0.3) is 0 Å². The van der Waals surface area contributed by atoms with Gasteiger partial charge in [0, 0.05) is 5.92 Å². The molecule has 0 atom stereocenters. The molecule has 0 amide bonds. The second-order valence-electron chi connectivity index (χ2n) is 5.20. The predicted octanol–water partition coefficient (Wildman–Crippen LogP) is 2.38. The third-order valence-corrected chi connectivity index (χ3v) is 3.63. The van der Waals surface area contributed by atoms with Crippen LogP contribution >= 0.6 is 0 Å². The number of carbonyl (C=O) groups excluding carboxylic acids is 1. The molecular formula is C12H23NO. The fraction of sp³-hybridized carbons (Fsp3) is 0.917. The zero-order chi connectivity index (χ0) is 10.8. The van der Waals surface area contributed by atoms with E-state index >= 15 is 0 Å². The predicted molar refractivity (Wildman–Crippen MR) is 59.3 cm³/mol. The van der Waals surface area contributed by atoms with Crippen molar-refractivity contribution in [2.24, 2.45) is 11.8 Å². The summed E-state index contributed by atoms with van der Waals surface area (Å²) >= 11 is 0. The molecule has 0 heterocycles. The van der Waals surface area contributed by atoms with Crippen molar-refractivity contribution in [2.75, 3.05) is 7.05 Å². The Morgan fingerprint density at radius 3 is 2.14 bits per heavy atom. The zero-order valence-corrected chi connectivity index (χ0v) is 9.89. The van der Waals surface area contributed by atoms with Gasteiger partial charge in [-0.1, -0.05) is 19.8 Å². The third kappa shape index (κ3) is 2.57. The molecule has 0 aromatic carbocycles. The summed E-state index contributed by atoms with van der Waals surface area (Å²) in [7, 11) is 1.86. The van der Waals surface area contributed by atoms with Crippen LogP contribution in [0.2, 0.25) is 0 Å². The number of Topliss-reactive ketones (excluding diaryl/α,β-unsaturated/α-hetero) is 1. The second-order valence-corrected chi connectivity index (χ2v) is 5.20. The summed E-state index contributed by atoms with van der Waals surface area (Å²) < 4.78 is 0. The zero-order valence-electron chi connectivity index (χ0n) is 9.89. The van der Waals surface area contributed by atoms with Gasteiger partial charge in [0.15, 0.2) is 5.78 Å². The largest absolute Gasteiger partial charge is 0.308 e. The lowest BCUT2D eigenvalue weighted by atomic mass is 9.76. The Hall–Kier alpha value is -0.370. The van der Waals surface area contributed by atoms with Crippen LogP contribution in [-0.4, -0.2) is 18.4 Å². The molecule has 0 aromatic rings. The van der Waals surface area contributed by atoms with Gasteiger partial charge >= 0.3 is 0 Å². The van der Waals surface area contributed by atoms with E-state index in [1.165, 1.54) is 12.8 Å². The first-order valence-corrected chi connectivity index (χ1v) is 5.70. The molecular weight excluding hydrogens is 174 g/mol. The fourth-order valence-corrected chi connectivity index (χ4v) is 2.16. The molecule has 1 saturated carbocycles. The van der Waals surface area contributed by atoms with Gasteiger partial charge < -0.3 is 5.32 Å². The van der Waals surface area contributed by atoms with E-state index in [2.05, 4.69) is 12.2 Å². The van der Waals surface area contributed by atoms with Gasteiger partial charge in [-0.15, -0.1) is 0 Å². The van der Waals surface area contributed by atoms with Gasteiger partial charge in [-0.25, -0.2) is 0 Å². The lowest BCUT2D eigenvalue weighted by molar-refractivity contribution is -0.129. The molecule has 0 saturated heterocycles. The molecule has 2 heteroatoms. The Balaban J connectivity index is 2.54. The summed E-state index contributed by atoms with van der Waals surface area (Å²) in [5, 5.41) is 3.10. The minimum absolute atomic E-state index is 0.300. The topological polar surface area (TPSA) is 29.1 Å². The number of hydrogen-bond acceptors (Lipinski definition) is 2. The Labute approximate surface area is 87.5 Å². The monoisotopic (exact) mass is 197 g/mol. The van der Waals surface area contributed by atoms with Crippen LogP contribution in [0, 0.1) is 11.8 Å². The smallest absolute Gasteiger partial charge is 0.155 e. The van der Waals surface area contributed by atoms with Crippen molar-refractivity contribution < 1.29 is 4.79 Å². The second kappa shape index (κ2) is 4.43. The van der Waals surface area contributed by atoms with Crippen molar-refractivity contribution in [3.63, 3.8) is 0 Å². The number of likely N-dealkylation sites (N-methyl/N-ethyl adjacent to an activating group) is 1. The van der Waals surface area contributed by atoms with Gasteiger partial charge in [-0.2, -0.15) is 0 Å². The summed E-state index contributed by atoms with van der Waals surface area (Å²) in [5.41, 5.74) is -0.342. The lowest BCUT2D eigenvalue weighted by Gasteiger charge is -2.31. The van der Waals surface area contributed by atoms with Gasteiger partial charge in [-0.3, -0.25) is 4.79 Å². The Bertz CT molecular complexity index is 202. The molecule has 2 nitrogen and oxygen atoms in total. The summed E-state index contributed by atoms with van der Waals surface area (Å²) in [4.78, 5) is 12.1. The molecule has 0 aromatic heterocycles. The van der Waals surface area contributed by atoms with Gasteiger partial charge in [0.05, 0.1) is 5.54 Å². The minimum atomic E-state index is -0.342. The van der Waals surface area contributed by atoms with Crippen LogP contribution in [-0.2, 0) is 4.79 Å². The van der Waals surface area contributed by atoms with Gasteiger partial charge in [-0.05, 0) is 39.7 Å². The van der Waals surface area contributed by atoms with Crippen LogP contribution < -0.4 is 5.32 Å². The van der Waals surface area contributed by atoms with Crippen molar-refractivity contribution in [3.05, 3.63) is 0 Å². The van der Waals surface area contributed by atoms with E-state index in [-0.39, 0.29) is 5.54 Å². The average Bonchev–Trinajstić information content (AvgIpc) is 2.18. The van der Waals surface area contributed by atoms with Gasteiger partial charge in [0.1, 0.15) is 0 Å². The van der Waals surface area contributed by atoms with Crippen molar-refractivity contribution in [3.8, 4) is 0 Å². The standard InChI is InChI=1S/C12H23NO/c1-9-5-7-10(8-6-9)11(14)12(2,3)13-4/h9-10,13H,5-8H2,1-4H3. The van der Waals surface area contributed by atoms with E-state index < -0.39 is 0 Å². The first-order valence-electron chi connectivity index (χ1n) is 5.70. The van der Waals surface area contributed by atoms with Crippen LogP contribution in [0.1, 0.15) is 46.5 Å². The summed E-state index contributed by atoms with van der Waals surface area (Å²) in [5.74, 6) is 1.51. The quantitative estimate of drug-likeness (QED) is 0.752. The van der Waals surface area contributed by atoms with E-state index in [0.717, 1.165) is 18.8 Å². The molecule has 0 radical (unpaired) electrons. The molecule has 0 aliphatic heterocycles. The number of hydrogen-bond donors (Lipinski definition) is 1. The van der Waals surface area contributed by atoms with Crippen molar-refractivity contribution in [1.29, 1.82) is 0 Å². The van der Waals surface area contributed by atoms with Crippen molar-refractivity contribution in [2.45, 2.75) is 52.0 Å². The van der Waals surface area contributed by atoms with Crippen LogP contribution in [0.5, 0.6) is 0 Å². The Kier molecular flexibility index (Phi) is 3.71. The highest BCUT2D eigenvalue weighted by atomic mass is 16.1. The molecule has 14 heavy (non-hydrogen) atoms. The SMILES string of the molecule is CNC(C)(C)C(=O)C1CCC(C)CC1. The maximum Gasteiger partial charge on any atom is 0.155 e. The number of ketones is 1. The Morgan fingerprint density at radius 1 is 1.21 bits per heavy atom. The normalized spacial score (nSPS) is 28.9. The van der Waals surface area contributed by atoms with Gasteiger partial charge in [0.2, 0.25) is 0 Å². The van der Waals surface area contributed by atoms with E-state index in [1.54, 1.807) is 0 Å². The van der Waals surface area contributed by atoms with Crippen molar-refractivity contribution in [1.82, 2.24) is 5.32 Å². The van der Waals surface area contributed by atoms with Crippen LogP contribution in [0.4, 0.5) is 0 Å². The minimum Gasteiger partial charge on any atom is -0.308 e. The molecule has 82 valence electrons. The van der Waals surface area contributed by atoms with Crippen LogP contribution in [0.15, 0.2) is 0 Å². The highest BCUT2D eigenvalue weighted by Gasteiger charge is 2.33. The molecule has 1 rings (SSSR count). The molecule has 0 unspecified atom stereocenters. The highest BCUT2D eigenvalue weighted by molar-refractivity contribution is 5.89. The maximum absolute atomic E-state index is 12.1. The first-order chi connectivity index (χ1) is 6.47. The number of carbonyl (C=O) groups is 1. The first kappa shape index (κ1) is 11.7. The molecule has 1 fully saturated rings. The summed E-state index contributed by atoms with van der Waals surface area (Å²) in [6.45, 7) is 6.24. The van der Waals surface area contributed by atoms with E-state index in [9.17, 15) is 4.79 Å². The van der Waals surface area contributed by atoms with Gasteiger partial charge in [0.25, 0.3) is 0 Å². The molecule has 0 bridgehead atoms. The van der Waals surface area contributed by atoms with Crippen molar-refractivity contribution >= 4 is 5.78 Å². The molecule has 0 spiro atoms. The van der Waals surface area contributed by atoms with E-state index in [0.29, 0.717) is 11.7 Å². The van der Waals surface area contributed by atoms with Crippen LogP contribution in [0.3, 0.4) is 0 Å².